The maximum absolute atomic E-state index is 11.7. The molecule has 92 valence electrons. The zero-order chi connectivity index (χ0) is 13.0. The maximum atomic E-state index is 11.7. The van der Waals surface area contributed by atoms with Gasteiger partial charge in [-0.3, -0.25) is 9.59 Å². The molecule has 0 saturated heterocycles. The predicted octanol–water partition coefficient (Wildman–Crippen LogP) is 1.81. The average molecular weight is 234 g/mol. The fourth-order valence-electron chi connectivity index (χ4n) is 1.34. The molecule has 0 aliphatic rings. The second-order valence-electron chi connectivity index (χ2n) is 4.40. The van der Waals surface area contributed by atoms with Gasteiger partial charge in [-0.25, -0.2) is 0 Å². The van der Waals surface area contributed by atoms with Gasteiger partial charge in [0, 0.05) is 11.3 Å². The van der Waals surface area contributed by atoms with Crippen molar-refractivity contribution in [3.63, 3.8) is 0 Å². The molecule has 4 nitrogen and oxygen atoms in total. The third-order valence-electron chi connectivity index (χ3n) is 2.56. The molecule has 0 aliphatic carbocycles. The summed E-state index contributed by atoms with van der Waals surface area (Å²) in [6, 6.07) is 6.27. The molecule has 0 radical (unpaired) electrons. The lowest BCUT2D eigenvalue weighted by Crippen LogP contribution is -2.39. The van der Waals surface area contributed by atoms with Gasteiger partial charge < -0.3 is 11.1 Å². The van der Waals surface area contributed by atoms with Crippen molar-refractivity contribution in [2.24, 2.45) is 11.7 Å². The summed E-state index contributed by atoms with van der Waals surface area (Å²) in [5.41, 5.74) is 6.89. The first-order chi connectivity index (χ1) is 7.91. The van der Waals surface area contributed by atoms with Crippen molar-refractivity contribution in [3.8, 4) is 0 Å². The van der Waals surface area contributed by atoms with Crippen LogP contribution in [-0.2, 0) is 4.79 Å². The standard InChI is InChI=1S/C13H18N2O2/c1-8(2)12(14)13(17)15-11-6-4-5-10(7-11)9(3)16/h4-8,12H,14H2,1-3H3,(H,15,17)/t12-/m0/s1. The highest BCUT2D eigenvalue weighted by Crippen LogP contribution is 2.12. The second-order valence-corrected chi connectivity index (χ2v) is 4.40. The van der Waals surface area contributed by atoms with Gasteiger partial charge >= 0.3 is 0 Å². The van der Waals surface area contributed by atoms with Gasteiger partial charge in [0.1, 0.15) is 0 Å². The van der Waals surface area contributed by atoms with Crippen LogP contribution >= 0.6 is 0 Å². The number of nitrogens with one attached hydrogen (secondary N) is 1. The molecule has 1 rings (SSSR count). The Kier molecular flexibility index (Phi) is 4.40. The van der Waals surface area contributed by atoms with Crippen LogP contribution < -0.4 is 11.1 Å². The van der Waals surface area contributed by atoms with Gasteiger partial charge in [0.2, 0.25) is 5.91 Å². The van der Waals surface area contributed by atoms with E-state index >= 15 is 0 Å². The lowest BCUT2D eigenvalue weighted by Gasteiger charge is -2.15. The minimum atomic E-state index is -0.545. The number of carbonyl (C=O) groups excluding carboxylic acids is 2. The minimum Gasteiger partial charge on any atom is -0.325 e. The van der Waals surface area contributed by atoms with E-state index < -0.39 is 6.04 Å². The molecule has 1 atom stereocenters. The fraction of sp³-hybridized carbons (Fsp3) is 0.385. The highest BCUT2D eigenvalue weighted by molar-refractivity contribution is 5.98. The number of nitrogens with two attached hydrogens (primary N) is 1. The molecule has 0 bridgehead atoms. The molecule has 0 heterocycles. The number of benzene rings is 1. The Morgan fingerprint density at radius 3 is 2.47 bits per heavy atom. The lowest BCUT2D eigenvalue weighted by molar-refractivity contribution is -0.118. The van der Waals surface area contributed by atoms with Crippen molar-refractivity contribution >= 4 is 17.4 Å². The van der Waals surface area contributed by atoms with Gasteiger partial charge in [-0.2, -0.15) is 0 Å². The Morgan fingerprint density at radius 2 is 1.94 bits per heavy atom. The van der Waals surface area contributed by atoms with Crippen LogP contribution in [0.1, 0.15) is 31.1 Å². The van der Waals surface area contributed by atoms with Crippen LogP contribution in [0.3, 0.4) is 0 Å². The van der Waals surface area contributed by atoms with Crippen LogP contribution in [0.25, 0.3) is 0 Å². The molecule has 0 fully saturated rings. The molecule has 17 heavy (non-hydrogen) atoms. The minimum absolute atomic E-state index is 0.0331. The van der Waals surface area contributed by atoms with E-state index in [-0.39, 0.29) is 17.6 Å². The van der Waals surface area contributed by atoms with Crippen molar-refractivity contribution in [2.45, 2.75) is 26.8 Å². The summed E-state index contributed by atoms with van der Waals surface area (Å²) < 4.78 is 0. The summed E-state index contributed by atoms with van der Waals surface area (Å²) in [5.74, 6) is -0.194. The van der Waals surface area contributed by atoms with Gasteiger partial charge in [-0.05, 0) is 25.0 Å². The third-order valence-corrected chi connectivity index (χ3v) is 2.56. The number of anilines is 1. The number of Topliss-reactive ketones (excluding diaryl/α,β-unsaturated/α-hetero) is 1. The Labute approximate surface area is 101 Å². The SMILES string of the molecule is CC(=O)c1cccc(NC(=O)[C@@H](N)C(C)C)c1. The monoisotopic (exact) mass is 234 g/mol. The molecule has 0 aliphatic heterocycles. The van der Waals surface area contributed by atoms with E-state index in [2.05, 4.69) is 5.32 Å². The average Bonchev–Trinajstić information content (AvgIpc) is 2.28. The Morgan fingerprint density at radius 1 is 1.29 bits per heavy atom. The smallest absolute Gasteiger partial charge is 0.241 e. The summed E-state index contributed by atoms with van der Waals surface area (Å²) in [6.45, 7) is 5.26. The first-order valence-electron chi connectivity index (χ1n) is 5.59. The molecule has 1 aromatic carbocycles. The Bertz CT molecular complexity index is 427. The van der Waals surface area contributed by atoms with Gasteiger partial charge in [0.05, 0.1) is 6.04 Å². The predicted molar refractivity (Wildman–Crippen MR) is 67.9 cm³/mol. The third kappa shape index (κ3) is 3.67. The summed E-state index contributed by atoms with van der Waals surface area (Å²) >= 11 is 0. The maximum Gasteiger partial charge on any atom is 0.241 e. The van der Waals surface area contributed by atoms with Crippen LogP contribution in [0.4, 0.5) is 5.69 Å². The van der Waals surface area contributed by atoms with E-state index in [1.807, 2.05) is 13.8 Å². The molecule has 3 N–H and O–H groups in total. The second kappa shape index (κ2) is 5.59. The van der Waals surface area contributed by atoms with E-state index in [4.69, 9.17) is 5.73 Å². The topological polar surface area (TPSA) is 72.2 Å². The lowest BCUT2D eigenvalue weighted by atomic mass is 10.0. The first kappa shape index (κ1) is 13.4. The Hall–Kier alpha value is -1.68. The molecule has 0 unspecified atom stereocenters. The van der Waals surface area contributed by atoms with Gasteiger partial charge in [0.15, 0.2) is 5.78 Å². The van der Waals surface area contributed by atoms with Crippen molar-refractivity contribution in [3.05, 3.63) is 29.8 Å². The number of amides is 1. The van der Waals surface area contributed by atoms with E-state index in [1.165, 1.54) is 6.92 Å². The molecule has 0 aromatic heterocycles. The van der Waals surface area contributed by atoms with Gasteiger partial charge in [-0.1, -0.05) is 26.0 Å². The summed E-state index contributed by atoms with van der Waals surface area (Å²) in [5, 5.41) is 2.70. The number of rotatable bonds is 4. The van der Waals surface area contributed by atoms with Crippen molar-refractivity contribution in [1.29, 1.82) is 0 Å². The van der Waals surface area contributed by atoms with Crippen LogP contribution in [0.15, 0.2) is 24.3 Å². The van der Waals surface area contributed by atoms with E-state index in [9.17, 15) is 9.59 Å². The van der Waals surface area contributed by atoms with E-state index in [0.29, 0.717) is 11.3 Å². The summed E-state index contributed by atoms with van der Waals surface area (Å²) in [6.07, 6.45) is 0. The molecule has 0 spiro atoms. The number of hydrogen-bond acceptors (Lipinski definition) is 3. The van der Waals surface area contributed by atoms with Gasteiger partial charge in [-0.15, -0.1) is 0 Å². The van der Waals surface area contributed by atoms with Crippen LogP contribution in [0, 0.1) is 5.92 Å². The fourth-order valence-corrected chi connectivity index (χ4v) is 1.34. The first-order valence-corrected chi connectivity index (χ1v) is 5.59. The molecule has 4 heteroatoms. The van der Waals surface area contributed by atoms with Crippen molar-refractivity contribution in [1.82, 2.24) is 0 Å². The molecular formula is C13H18N2O2. The summed E-state index contributed by atoms with van der Waals surface area (Å²) in [7, 11) is 0. The summed E-state index contributed by atoms with van der Waals surface area (Å²) in [4.78, 5) is 22.9. The number of carbonyl (C=O) groups is 2. The zero-order valence-corrected chi connectivity index (χ0v) is 10.4. The van der Waals surface area contributed by atoms with E-state index in [1.54, 1.807) is 24.3 Å². The number of ketones is 1. The van der Waals surface area contributed by atoms with Crippen molar-refractivity contribution < 1.29 is 9.59 Å². The highest BCUT2D eigenvalue weighted by Gasteiger charge is 2.17. The quantitative estimate of drug-likeness (QED) is 0.780. The number of hydrogen-bond donors (Lipinski definition) is 2. The highest BCUT2D eigenvalue weighted by atomic mass is 16.2. The van der Waals surface area contributed by atoms with E-state index in [0.717, 1.165) is 0 Å². The Balaban J connectivity index is 2.78. The molecular weight excluding hydrogens is 216 g/mol. The van der Waals surface area contributed by atoms with Gasteiger partial charge in [0.25, 0.3) is 0 Å². The zero-order valence-electron chi connectivity index (χ0n) is 10.4. The van der Waals surface area contributed by atoms with Crippen molar-refractivity contribution in [2.75, 3.05) is 5.32 Å². The molecule has 0 saturated carbocycles. The molecule has 1 aromatic rings. The van der Waals surface area contributed by atoms with Crippen LogP contribution in [0.5, 0.6) is 0 Å². The van der Waals surface area contributed by atoms with Crippen LogP contribution in [-0.4, -0.2) is 17.7 Å². The van der Waals surface area contributed by atoms with Crippen LogP contribution in [0.2, 0.25) is 0 Å². The molecule has 1 amide bonds. The largest absolute Gasteiger partial charge is 0.325 e. The normalized spacial score (nSPS) is 12.3.